The molecule has 0 saturated heterocycles. The number of nitrogens with one attached hydrogen (secondary N) is 2. The van der Waals surface area contributed by atoms with Crippen molar-refractivity contribution in [2.24, 2.45) is 5.10 Å². The molecule has 0 fully saturated rings. The van der Waals surface area contributed by atoms with Gasteiger partial charge in [0.05, 0.1) is 0 Å². The summed E-state index contributed by atoms with van der Waals surface area (Å²) in [5.41, 5.74) is 1.74. The van der Waals surface area contributed by atoms with Gasteiger partial charge >= 0.3 is 0 Å². The summed E-state index contributed by atoms with van der Waals surface area (Å²) in [6.45, 7) is 2.52. The lowest BCUT2D eigenvalue weighted by atomic mass is 10.2. The van der Waals surface area contributed by atoms with Crippen LogP contribution in [0.2, 0.25) is 0 Å². The Kier molecular flexibility index (Phi) is 3.47. The van der Waals surface area contributed by atoms with E-state index in [0.717, 1.165) is 0 Å². The minimum atomic E-state index is -0.373. The van der Waals surface area contributed by atoms with Crippen LogP contribution in [0.3, 0.4) is 0 Å². The summed E-state index contributed by atoms with van der Waals surface area (Å²) in [5, 5.41) is 7.52. The van der Waals surface area contributed by atoms with Gasteiger partial charge in [0.1, 0.15) is 0 Å². The number of thiocarbonyl (C=S) groups is 1. The van der Waals surface area contributed by atoms with Crippen molar-refractivity contribution in [2.75, 3.05) is 6.54 Å². The van der Waals surface area contributed by atoms with Crippen molar-refractivity contribution in [3.05, 3.63) is 50.1 Å². The number of rotatable bonds is 2. The molecule has 2 aromatic rings. The van der Waals surface area contributed by atoms with Gasteiger partial charge in [-0.15, -0.1) is 0 Å². The Morgan fingerprint density at radius 3 is 2.28 bits per heavy atom. The molecule has 0 spiro atoms. The molecule has 2 aromatic carbocycles. The maximum atomic E-state index is 11.9. The van der Waals surface area contributed by atoms with Gasteiger partial charge in [0.25, 0.3) is 0 Å². The first-order valence-corrected chi connectivity index (χ1v) is 5.86. The highest BCUT2D eigenvalue weighted by molar-refractivity contribution is 7.80. The fourth-order valence-corrected chi connectivity index (χ4v) is 1.84. The van der Waals surface area contributed by atoms with Crippen molar-refractivity contribution in [3.63, 3.8) is 0 Å². The number of benzene rings is 1. The molecule has 2 rings (SSSR count). The van der Waals surface area contributed by atoms with Crippen molar-refractivity contribution in [1.29, 1.82) is 0 Å². The number of hydrogen-bond acceptors (Lipinski definition) is 4. The van der Waals surface area contributed by atoms with E-state index >= 15 is 0 Å². The van der Waals surface area contributed by atoms with Crippen LogP contribution in [0.1, 0.15) is 6.92 Å². The standard InChI is InChI=1S/C12H11N3O2S/c1-2-13-12(18)15-14-9-10(16)7-5-3-4-6-8(7)11(9)17/h3-6H,2H2,1H3,(H2,13,15,18). The molecule has 0 unspecified atom stereocenters. The molecular weight excluding hydrogens is 250 g/mol. The van der Waals surface area contributed by atoms with Crippen molar-refractivity contribution >= 4 is 28.1 Å². The smallest absolute Gasteiger partial charge is 0.217 e. The average molecular weight is 261 g/mol. The Hall–Kier alpha value is -2.08. The van der Waals surface area contributed by atoms with Gasteiger partial charge in [-0.3, -0.25) is 15.0 Å². The summed E-state index contributed by atoms with van der Waals surface area (Å²) >= 11 is 4.90. The highest BCUT2D eigenvalue weighted by Gasteiger charge is 2.09. The quantitative estimate of drug-likeness (QED) is 0.575. The molecule has 5 nitrogen and oxygen atoms in total. The summed E-state index contributed by atoms with van der Waals surface area (Å²) in [5.74, 6) is 0. The molecule has 0 radical (unpaired) electrons. The molecule has 2 N–H and O–H groups in total. The molecule has 0 saturated carbocycles. The third kappa shape index (κ3) is 2.14. The highest BCUT2D eigenvalue weighted by atomic mass is 32.1. The van der Waals surface area contributed by atoms with E-state index in [1.165, 1.54) is 0 Å². The van der Waals surface area contributed by atoms with Crippen LogP contribution < -0.4 is 27.0 Å². The Morgan fingerprint density at radius 1 is 1.22 bits per heavy atom. The largest absolute Gasteiger partial charge is 0.362 e. The second kappa shape index (κ2) is 5.05. The van der Waals surface area contributed by atoms with Gasteiger partial charge in [0.2, 0.25) is 10.9 Å². The van der Waals surface area contributed by atoms with Gasteiger partial charge in [-0.05, 0) is 19.1 Å². The van der Waals surface area contributed by atoms with Gasteiger partial charge in [0.15, 0.2) is 10.5 Å². The van der Waals surface area contributed by atoms with Gasteiger partial charge in [-0.2, -0.15) is 5.10 Å². The Morgan fingerprint density at radius 2 is 1.78 bits per heavy atom. The van der Waals surface area contributed by atoms with Crippen LogP contribution in [0.5, 0.6) is 0 Å². The lowest BCUT2D eigenvalue weighted by molar-refractivity contribution is 0.877. The van der Waals surface area contributed by atoms with Crippen LogP contribution in [-0.2, 0) is 0 Å². The molecule has 0 aliphatic heterocycles. The van der Waals surface area contributed by atoms with Crippen LogP contribution in [0.4, 0.5) is 0 Å². The fraction of sp³-hybridized carbons (Fsp3) is 0.167. The number of fused-ring (bicyclic) bond motifs is 1. The van der Waals surface area contributed by atoms with Crippen LogP contribution in [0, 0.1) is 0 Å². The molecule has 0 atom stereocenters. The lowest BCUT2D eigenvalue weighted by Gasteiger charge is -2.01. The topological polar surface area (TPSA) is 70.6 Å². The molecule has 0 aliphatic rings. The fourth-order valence-electron chi connectivity index (χ4n) is 1.65. The molecule has 6 heteroatoms. The summed E-state index contributed by atoms with van der Waals surface area (Å²) < 4.78 is 0. The monoisotopic (exact) mass is 261 g/mol. The van der Waals surface area contributed by atoms with Crippen LogP contribution in [0.25, 0.3) is 10.8 Å². The first kappa shape index (κ1) is 12.4. The van der Waals surface area contributed by atoms with E-state index in [9.17, 15) is 9.59 Å². The van der Waals surface area contributed by atoms with E-state index in [1.807, 2.05) is 6.92 Å². The zero-order chi connectivity index (χ0) is 13.1. The van der Waals surface area contributed by atoms with Crippen LogP contribution in [-0.4, -0.2) is 11.7 Å². The first-order valence-electron chi connectivity index (χ1n) is 5.45. The van der Waals surface area contributed by atoms with Crippen LogP contribution in [0.15, 0.2) is 39.0 Å². The van der Waals surface area contributed by atoms with E-state index in [-0.39, 0.29) is 21.3 Å². The first-order chi connectivity index (χ1) is 8.65. The van der Waals surface area contributed by atoms with E-state index in [0.29, 0.717) is 17.3 Å². The van der Waals surface area contributed by atoms with E-state index in [1.54, 1.807) is 24.3 Å². The molecule has 0 aliphatic carbocycles. The predicted molar refractivity (Wildman–Crippen MR) is 73.8 cm³/mol. The summed E-state index contributed by atoms with van der Waals surface area (Å²) in [6, 6.07) is 6.65. The molecule has 0 heterocycles. The van der Waals surface area contributed by atoms with Crippen molar-refractivity contribution in [3.8, 4) is 0 Å². The third-order valence-electron chi connectivity index (χ3n) is 2.45. The van der Waals surface area contributed by atoms with Crippen molar-refractivity contribution < 1.29 is 0 Å². The zero-order valence-electron chi connectivity index (χ0n) is 9.69. The third-order valence-corrected chi connectivity index (χ3v) is 2.69. The molecule has 92 valence electrons. The molecule has 0 amide bonds. The normalized spacial score (nSPS) is 10.3. The zero-order valence-corrected chi connectivity index (χ0v) is 10.5. The Bertz CT molecular complexity index is 695. The molecule has 0 aromatic heterocycles. The predicted octanol–water partition coefficient (Wildman–Crippen LogP) is -0.264. The maximum absolute atomic E-state index is 11.9. The van der Waals surface area contributed by atoms with Crippen molar-refractivity contribution in [1.82, 2.24) is 10.7 Å². The average Bonchev–Trinajstić information content (AvgIpc) is 2.61. The second-order valence-electron chi connectivity index (χ2n) is 3.64. The highest BCUT2D eigenvalue weighted by Crippen LogP contribution is 2.01. The van der Waals surface area contributed by atoms with Gasteiger partial charge in [0, 0.05) is 17.3 Å². The maximum Gasteiger partial charge on any atom is 0.217 e. The summed E-state index contributed by atoms with van der Waals surface area (Å²) in [4.78, 5) is 23.8. The minimum Gasteiger partial charge on any atom is -0.362 e. The number of nitrogens with zero attached hydrogens (tertiary/aromatic N) is 1. The lowest BCUT2D eigenvalue weighted by Crippen LogP contribution is -2.38. The molecular formula is C12H11N3O2S. The van der Waals surface area contributed by atoms with Crippen LogP contribution >= 0.6 is 12.2 Å². The van der Waals surface area contributed by atoms with Crippen molar-refractivity contribution in [2.45, 2.75) is 6.92 Å². The summed E-state index contributed by atoms with van der Waals surface area (Å²) in [6.07, 6.45) is 0. The Labute approximate surface area is 108 Å². The minimum absolute atomic E-state index is 0.128. The second-order valence-corrected chi connectivity index (χ2v) is 4.04. The summed E-state index contributed by atoms with van der Waals surface area (Å²) in [7, 11) is 0. The SMILES string of the molecule is CCNC(=S)NN=c1c(=O)c2ccccc2c1=O. The molecule has 18 heavy (non-hydrogen) atoms. The van der Waals surface area contributed by atoms with E-state index < -0.39 is 0 Å². The van der Waals surface area contributed by atoms with E-state index in [4.69, 9.17) is 12.2 Å². The van der Waals surface area contributed by atoms with Gasteiger partial charge < -0.3 is 5.32 Å². The van der Waals surface area contributed by atoms with Gasteiger partial charge in [-0.1, -0.05) is 24.3 Å². The Balaban J connectivity index is 2.52. The van der Waals surface area contributed by atoms with E-state index in [2.05, 4.69) is 15.8 Å². The van der Waals surface area contributed by atoms with Gasteiger partial charge in [-0.25, -0.2) is 0 Å². The molecule has 0 bridgehead atoms. The number of hydrogen-bond donors (Lipinski definition) is 2.